The zero-order valence-corrected chi connectivity index (χ0v) is 16.2. The van der Waals surface area contributed by atoms with Crippen LogP contribution in [0.15, 0.2) is 30.3 Å². The summed E-state index contributed by atoms with van der Waals surface area (Å²) in [6.07, 6.45) is 0.418. The number of amides is 1. The van der Waals surface area contributed by atoms with Gasteiger partial charge in [0.25, 0.3) is 0 Å². The van der Waals surface area contributed by atoms with Gasteiger partial charge >= 0.3 is 0 Å². The molecule has 1 aromatic heterocycles. The molecule has 27 heavy (non-hydrogen) atoms. The van der Waals surface area contributed by atoms with Gasteiger partial charge in [0.2, 0.25) is 11.9 Å². The molecule has 0 spiro atoms. The van der Waals surface area contributed by atoms with Gasteiger partial charge in [0, 0.05) is 44.5 Å². The highest BCUT2D eigenvalue weighted by Gasteiger charge is 2.22. The summed E-state index contributed by atoms with van der Waals surface area (Å²) < 4.78 is 5.16. The fraction of sp³-hybridized carbons (Fsp3) is 0.450. The van der Waals surface area contributed by atoms with E-state index in [1.807, 2.05) is 49.1 Å². The number of aromatic nitrogens is 2. The number of nitrogens with one attached hydrogen (secondary N) is 1. The number of anilines is 2. The molecule has 1 aliphatic heterocycles. The largest absolute Gasteiger partial charge is 0.497 e. The Morgan fingerprint density at radius 2 is 1.85 bits per heavy atom. The monoisotopic (exact) mass is 369 g/mol. The van der Waals surface area contributed by atoms with Gasteiger partial charge in [0.05, 0.1) is 13.5 Å². The van der Waals surface area contributed by atoms with Gasteiger partial charge in [0.1, 0.15) is 11.6 Å². The lowest BCUT2D eigenvalue weighted by Gasteiger charge is -2.35. The first-order chi connectivity index (χ1) is 13.1. The highest BCUT2D eigenvalue weighted by molar-refractivity contribution is 5.79. The third kappa shape index (κ3) is 4.87. The summed E-state index contributed by atoms with van der Waals surface area (Å²) in [6, 6.07) is 9.66. The number of aryl methyl sites for hydroxylation is 1. The van der Waals surface area contributed by atoms with E-state index >= 15 is 0 Å². The zero-order chi connectivity index (χ0) is 19.2. The van der Waals surface area contributed by atoms with Crippen molar-refractivity contribution in [2.24, 2.45) is 0 Å². The molecule has 0 unspecified atom stereocenters. The second kappa shape index (κ2) is 8.70. The van der Waals surface area contributed by atoms with Crippen LogP contribution in [0.1, 0.15) is 18.2 Å². The van der Waals surface area contributed by atoms with Gasteiger partial charge in [-0.25, -0.2) is 4.98 Å². The predicted molar refractivity (Wildman–Crippen MR) is 106 cm³/mol. The number of carbonyl (C=O) groups is 1. The second-order valence-electron chi connectivity index (χ2n) is 6.61. The highest BCUT2D eigenvalue weighted by atomic mass is 16.5. The lowest BCUT2D eigenvalue weighted by Crippen LogP contribution is -2.49. The Hall–Kier alpha value is -2.83. The standard InChI is InChI=1S/C20H27N5O2/c1-4-21-20-22-15(2)13-18(23-20)24-9-11-25(12-10-24)19(26)14-16-5-7-17(27-3)8-6-16/h5-8,13H,4,9-12,14H2,1-3H3,(H,21,22,23). The van der Waals surface area contributed by atoms with E-state index in [0.717, 1.165) is 42.5 Å². The van der Waals surface area contributed by atoms with Crippen LogP contribution in [0, 0.1) is 6.92 Å². The van der Waals surface area contributed by atoms with Gasteiger partial charge in [-0.2, -0.15) is 4.98 Å². The Morgan fingerprint density at radius 1 is 1.15 bits per heavy atom. The minimum atomic E-state index is 0.159. The van der Waals surface area contributed by atoms with Crippen molar-refractivity contribution in [3.05, 3.63) is 41.6 Å². The molecule has 2 aromatic rings. The molecule has 3 rings (SSSR count). The van der Waals surface area contributed by atoms with Crippen molar-refractivity contribution in [1.29, 1.82) is 0 Å². The minimum absolute atomic E-state index is 0.159. The summed E-state index contributed by atoms with van der Waals surface area (Å²) in [5.74, 6) is 2.54. The van der Waals surface area contributed by atoms with E-state index in [-0.39, 0.29) is 5.91 Å². The molecule has 0 bridgehead atoms. The fourth-order valence-corrected chi connectivity index (χ4v) is 3.17. The molecule has 0 atom stereocenters. The Bertz CT molecular complexity index is 770. The fourth-order valence-electron chi connectivity index (χ4n) is 3.17. The molecular weight excluding hydrogens is 342 g/mol. The Kier molecular flexibility index (Phi) is 6.11. The quantitative estimate of drug-likeness (QED) is 0.841. The molecule has 2 heterocycles. The van der Waals surface area contributed by atoms with Gasteiger partial charge < -0.3 is 19.9 Å². The summed E-state index contributed by atoms with van der Waals surface area (Å²) in [4.78, 5) is 25.7. The van der Waals surface area contributed by atoms with Crippen LogP contribution in [-0.2, 0) is 11.2 Å². The van der Waals surface area contributed by atoms with E-state index in [0.29, 0.717) is 25.5 Å². The van der Waals surface area contributed by atoms with Crippen LogP contribution in [0.2, 0.25) is 0 Å². The molecule has 7 nitrogen and oxygen atoms in total. The van der Waals surface area contributed by atoms with Crippen molar-refractivity contribution < 1.29 is 9.53 Å². The second-order valence-corrected chi connectivity index (χ2v) is 6.61. The maximum absolute atomic E-state index is 12.6. The van der Waals surface area contributed by atoms with Gasteiger partial charge in [-0.15, -0.1) is 0 Å². The van der Waals surface area contributed by atoms with E-state index in [1.165, 1.54) is 0 Å². The number of methoxy groups -OCH3 is 1. The summed E-state index contributed by atoms with van der Waals surface area (Å²) >= 11 is 0. The number of carbonyl (C=O) groups excluding carboxylic acids is 1. The average molecular weight is 369 g/mol. The average Bonchev–Trinajstić information content (AvgIpc) is 2.68. The zero-order valence-electron chi connectivity index (χ0n) is 16.2. The first-order valence-electron chi connectivity index (χ1n) is 9.34. The first-order valence-corrected chi connectivity index (χ1v) is 9.34. The van der Waals surface area contributed by atoms with Crippen LogP contribution in [0.3, 0.4) is 0 Å². The van der Waals surface area contributed by atoms with Crippen LogP contribution in [-0.4, -0.2) is 60.6 Å². The third-order valence-corrected chi connectivity index (χ3v) is 4.65. The summed E-state index contributed by atoms with van der Waals surface area (Å²) in [6.45, 7) is 7.74. The third-order valence-electron chi connectivity index (χ3n) is 4.65. The van der Waals surface area contributed by atoms with E-state index in [2.05, 4.69) is 20.2 Å². The van der Waals surface area contributed by atoms with Crippen LogP contribution in [0.4, 0.5) is 11.8 Å². The van der Waals surface area contributed by atoms with E-state index in [1.54, 1.807) is 7.11 Å². The maximum Gasteiger partial charge on any atom is 0.227 e. The van der Waals surface area contributed by atoms with Crippen molar-refractivity contribution in [3.8, 4) is 5.75 Å². The lowest BCUT2D eigenvalue weighted by atomic mass is 10.1. The van der Waals surface area contributed by atoms with Gasteiger partial charge in [-0.05, 0) is 31.5 Å². The number of hydrogen-bond donors (Lipinski definition) is 1. The molecule has 1 aliphatic rings. The number of piperazine rings is 1. The molecule has 0 saturated carbocycles. The van der Waals surface area contributed by atoms with Crippen molar-refractivity contribution in [3.63, 3.8) is 0 Å². The normalized spacial score (nSPS) is 14.2. The maximum atomic E-state index is 12.6. The van der Waals surface area contributed by atoms with Crippen LogP contribution >= 0.6 is 0 Å². The summed E-state index contributed by atoms with van der Waals surface area (Å²) in [5.41, 5.74) is 1.94. The van der Waals surface area contributed by atoms with E-state index < -0.39 is 0 Å². The topological polar surface area (TPSA) is 70.6 Å². The highest BCUT2D eigenvalue weighted by Crippen LogP contribution is 2.18. The van der Waals surface area contributed by atoms with Crippen LogP contribution in [0.5, 0.6) is 5.75 Å². The Morgan fingerprint density at radius 3 is 2.48 bits per heavy atom. The molecule has 144 valence electrons. The number of ether oxygens (including phenoxy) is 1. The molecular formula is C20H27N5O2. The number of rotatable bonds is 6. The van der Waals surface area contributed by atoms with Crippen molar-refractivity contribution >= 4 is 17.7 Å². The molecule has 7 heteroatoms. The summed E-state index contributed by atoms with van der Waals surface area (Å²) in [7, 11) is 1.64. The van der Waals surface area contributed by atoms with Gasteiger partial charge in [-0.1, -0.05) is 12.1 Å². The number of hydrogen-bond acceptors (Lipinski definition) is 6. The van der Waals surface area contributed by atoms with Crippen molar-refractivity contribution in [1.82, 2.24) is 14.9 Å². The SMILES string of the molecule is CCNc1nc(C)cc(N2CCN(C(=O)Cc3ccc(OC)cc3)CC2)n1. The minimum Gasteiger partial charge on any atom is -0.497 e. The molecule has 0 radical (unpaired) electrons. The Balaban J connectivity index is 1.57. The molecule has 1 fully saturated rings. The van der Waals surface area contributed by atoms with E-state index in [4.69, 9.17) is 4.74 Å². The van der Waals surface area contributed by atoms with Crippen LogP contribution in [0.25, 0.3) is 0 Å². The molecule has 1 saturated heterocycles. The van der Waals surface area contributed by atoms with Crippen molar-refractivity contribution in [2.75, 3.05) is 50.1 Å². The molecule has 1 amide bonds. The number of benzene rings is 1. The van der Waals surface area contributed by atoms with E-state index in [9.17, 15) is 4.79 Å². The first kappa shape index (κ1) is 18.9. The summed E-state index contributed by atoms with van der Waals surface area (Å²) in [5, 5.41) is 3.17. The van der Waals surface area contributed by atoms with Gasteiger partial charge in [0.15, 0.2) is 0 Å². The molecule has 1 aromatic carbocycles. The molecule has 0 aliphatic carbocycles. The lowest BCUT2D eigenvalue weighted by molar-refractivity contribution is -0.130. The predicted octanol–water partition coefficient (Wildman–Crippen LogP) is 2.12. The Labute approximate surface area is 160 Å². The van der Waals surface area contributed by atoms with Crippen LogP contribution < -0.4 is 15.0 Å². The smallest absolute Gasteiger partial charge is 0.227 e. The number of nitrogens with zero attached hydrogens (tertiary/aromatic N) is 4. The molecule has 1 N–H and O–H groups in total. The van der Waals surface area contributed by atoms with Crippen molar-refractivity contribution in [2.45, 2.75) is 20.3 Å². The van der Waals surface area contributed by atoms with Gasteiger partial charge in [-0.3, -0.25) is 4.79 Å².